The Morgan fingerprint density at radius 3 is 2.21 bits per heavy atom. The first kappa shape index (κ1) is 26.2. The third-order valence-electron chi connectivity index (χ3n) is 5.66. The number of hydrogen-bond acceptors (Lipinski definition) is 5. The summed E-state index contributed by atoms with van der Waals surface area (Å²) in [6.45, 7) is 12.4. The first-order chi connectivity index (χ1) is 13.6. The molecule has 28 heavy (non-hydrogen) atoms. The van der Waals surface area contributed by atoms with Crippen molar-refractivity contribution in [3.8, 4) is 0 Å². The maximum absolute atomic E-state index is 12.8. The van der Waals surface area contributed by atoms with Crippen molar-refractivity contribution in [1.29, 1.82) is 0 Å². The van der Waals surface area contributed by atoms with E-state index >= 15 is 0 Å². The van der Waals surface area contributed by atoms with E-state index in [1.54, 1.807) is 0 Å². The van der Waals surface area contributed by atoms with E-state index in [1.165, 1.54) is 31.0 Å². The van der Waals surface area contributed by atoms with E-state index < -0.39 is 13.7 Å². The summed E-state index contributed by atoms with van der Waals surface area (Å²) in [5, 5.41) is 0.345. The van der Waals surface area contributed by atoms with Gasteiger partial charge in [-0.2, -0.15) is 0 Å². The molecule has 2 atom stereocenters. The quantitative estimate of drug-likeness (QED) is 0.168. The van der Waals surface area contributed by atoms with Crippen molar-refractivity contribution in [2.45, 2.75) is 115 Å². The van der Waals surface area contributed by atoms with Crippen LogP contribution in [-0.2, 0) is 18.7 Å². The molecular formula is C22H44O4SSi. The molecule has 1 aliphatic rings. The molecule has 0 aliphatic carbocycles. The second-order valence-corrected chi connectivity index (χ2v) is 13.0. The van der Waals surface area contributed by atoms with Gasteiger partial charge in [0.25, 0.3) is 8.32 Å². The van der Waals surface area contributed by atoms with Gasteiger partial charge in [-0.1, -0.05) is 64.1 Å². The van der Waals surface area contributed by atoms with Crippen LogP contribution in [0.25, 0.3) is 0 Å². The Hall–Kier alpha value is 0.117. The fourth-order valence-corrected chi connectivity index (χ4v) is 11.7. The van der Waals surface area contributed by atoms with E-state index in [-0.39, 0.29) is 5.25 Å². The topological polar surface area (TPSA) is 44.8 Å². The molecule has 0 spiro atoms. The average molecular weight is 433 g/mol. The number of thioether (sulfide) groups is 1. The lowest BCUT2D eigenvalue weighted by atomic mass is 10.1. The summed E-state index contributed by atoms with van der Waals surface area (Å²) in [4.78, 5) is 12.8. The van der Waals surface area contributed by atoms with Gasteiger partial charge in [0, 0.05) is 26.2 Å². The van der Waals surface area contributed by atoms with Crippen LogP contribution in [0.15, 0.2) is 0 Å². The number of unbranched alkanes of at least 4 members (excludes halogenated alkanes) is 4. The van der Waals surface area contributed by atoms with E-state index in [2.05, 4.69) is 20.8 Å². The molecular weight excluding hydrogens is 388 g/mol. The van der Waals surface area contributed by atoms with Gasteiger partial charge < -0.3 is 13.9 Å². The van der Waals surface area contributed by atoms with Gasteiger partial charge in [0.05, 0.1) is 5.25 Å². The van der Waals surface area contributed by atoms with Crippen LogP contribution >= 0.6 is 11.8 Å². The van der Waals surface area contributed by atoms with Crippen LogP contribution < -0.4 is 0 Å². The molecule has 0 aromatic carbocycles. The lowest BCUT2D eigenvalue weighted by Gasteiger charge is -2.53. The minimum absolute atomic E-state index is 0.0501. The molecule has 0 bridgehead atoms. The van der Waals surface area contributed by atoms with Crippen molar-refractivity contribution in [2.75, 3.05) is 19.8 Å². The number of carbonyl (C=O) groups excluding carboxylic acids is 1. The smallest absolute Gasteiger partial charge is 0.258 e. The van der Waals surface area contributed by atoms with Crippen molar-refractivity contribution >= 4 is 25.2 Å². The number of rotatable bonds is 15. The van der Waals surface area contributed by atoms with Crippen LogP contribution in [0.3, 0.4) is 0 Å². The lowest BCUT2D eigenvalue weighted by Crippen LogP contribution is -2.70. The summed E-state index contributed by atoms with van der Waals surface area (Å²) in [5.74, 6) is 0. The maximum atomic E-state index is 12.8. The van der Waals surface area contributed by atoms with Crippen molar-refractivity contribution < 1.29 is 18.7 Å². The van der Waals surface area contributed by atoms with Gasteiger partial charge in [-0.15, -0.1) is 0 Å². The second kappa shape index (κ2) is 14.2. The van der Waals surface area contributed by atoms with Crippen LogP contribution in [-0.4, -0.2) is 43.9 Å². The number of ether oxygens (including phenoxy) is 2. The Balaban J connectivity index is 2.97. The lowest BCUT2D eigenvalue weighted by molar-refractivity contribution is -0.195. The second-order valence-electron chi connectivity index (χ2n) is 7.75. The average Bonchev–Trinajstić information content (AvgIpc) is 2.66. The van der Waals surface area contributed by atoms with Crippen molar-refractivity contribution in [3.63, 3.8) is 0 Å². The highest BCUT2D eigenvalue weighted by Crippen LogP contribution is 2.49. The van der Waals surface area contributed by atoms with Gasteiger partial charge in [-0.05, 0) is 45.7 Å². The van der Waals surface area contributed by atoms with Crippen LogP contribution in [0.2, 0.25) is 12.1 Å². The Kier molecular flexibility index (Phi) is 13.2. The summed E-state index contributed by atoms with van der Waals surface area (Å²) >= 11 is 1.49. The zero-order valence-electron chi connectivity index (χ0n) is 19.0. The highest BCUT2D eigenvalue weighted by Gasteiger charge is 2.63. The largest absolute Gasteiger partial charge is 0.411 e. The molecule has 0 radical (unpaired) electrons. The Labute approximate surface area is 179 Å². The highest BCUT2D eigenvalue weighted by molar-refractivity contribution is 8.14. The fraction of sp³-hybridized carbons (Fsp3) is 0.955. The van der Waals surface area contributed by atoms with Gasteiger partial charge in [0.1, 0.15) is 0 Å². The van der Waals surface area contributed by atoms with Crippen molar-refractivity contribution in [3.05, 3.63) is 0 Å². The molecule has 4 nitrogen and oxygen atoms in total. The SMILES string of the molecule is CCCCCCCC(=O)SC1CCC[Si](CCC)(OCC)C1(OCC)OCC. The molecule has 166 valence electrons. The van der Waals surface area contributed by atoms with Gasteiger partial charge >= 0.3 is 0 Å². The Morgan fingerprint density at radius 2 is 1.64 bits per heavy atom. The van der Waals surface area contributed by atoms with Crippen LogP contribution in [0, 0.1) is 0 Å². The third-order valence-corrected chi connectivity index (χ3v) is 12.4. The summed E-state index contributed by atoms with van der Waals surface area (Å²) in [7, 11) is -2.30. The summed E-state index contributed by atoms with van der Waals surface area (Å²) in [5.41, 5.74) is -0.705. The van der Waals surface area contributed by atoms with Crippen molar-refractivity contribution in [2.24, 2.45) is 0 Å². The zero-order valence-corrected chi connectivity index (χ0v) is 20.8. The van der Waals surface area contributed by atoms with Gasteiger partial charge in [-0.25, -0.2) is 0 Å². The predicted molar refractivity (Wildman–Crippen MR) is 122 cm³/mol. The summed E-state index contributed by atoms with van der Waals surface area (Å²) in [6, 6.07) is 2.10. The molecule has 2 unspecified atom stereocenters. The van der Waals surface area contributed by atoms with Gasteiger partial charge in [0.15, 0.2) is 10.5 Å². The third kappa shape index (κ3) is 6.83. The molecule has 1 aliphatic heterocycles. The summed E-state index contributed by atoms with van der Waals surface area (Å²) < 4.78 is 19.4. The van der Waals surface area contributed by atoms with E-state index in [0.717, 1.165) is 44.2 Å². The zero-order chi connectivity index (χ0) is 20.9. The van der Waals surface area contributed by atoms with E-state index in [1.807, 2.05) is 13.8 Å². The highest BCUT2D eigenvalue weighted by atomic mass is 32.2. The molecule has 0 aromatic rings. The standard InChI is InChI=1S/C22H44O4SSi/c1-6-11-12-13-14-17-21(23)27-20-16-15-19-28(18-7-2,26-10-5)22(20,24-8-3)25-9-4/h20H,6-19H2,1-5H3. The van der Waals surface area contributed by atoms with E-state index in [0.29, 0.717) is 31.4 Å². The molecule has 1 rings (SSSR count). The number of carbonyl (C=O) groups is 1. The van der Waals surface area contributed by atoms with Crippen LogP contribution in [0.5, 0.6) is 0 Å². The molecule has 0 amide bonds. The van der Waals surface area contributed by atoms with E-state index in [4.69, 9.17) is 13.9 Å². The van der Waals surface area contributed by atoms with Crippen molar-refractivity contribution in [1.82, 2.24) is 0 Å². The first-order valence-corrected chi connectivity index (χ1v) is 14.9. The molecule has 0 N–H and O–H groups in total. The molecule has 1 saturated heterocycles. The number of hydrogen-bond donors (Lipinski definition) is 0. The molecule has 1 fully saturated rings. The normalized spacial score (nSPS) is 24.4. The Bertz CT molecular complexity index is 415. The van der Waals surface area contributed by atoms with Gasteiger partial charge in [-0.3, -0.25) is 4.79 Å². The summed E-state index contributed by atoms with van der Waals surface area (Å²) in [6.07, 6.45) is 9.69. The Morgan fingerprint density at radius 1 is 0.964 bits per heavy atom. The molecule has 6 heteroatoms. The monoisotopic (exact) mass is 432 g/mol. The van der Waals surface area contributed by atoms with Gasteiger partial charge in [0.2, 0.25) is 0 Å². The molecule has 1 heterocycles. The first-order valence-electron chi connectivity index (χ1n) is 11.7. The minimum atomic E-state index is -2.30. The minimum Gasteiger partial charge on any atom is -0.411 e. The molecule has 0 aromatic heterocycles. The van der Waals surface area contributed by atoms with Crippen LogP contribution in [0.4, 0.5) is 0 Å². The maximum Gasteiger partial charge on any atom is 0.258 e. The fourth-order valence-electron chi connectivity index (χ4n) is 4.60. The predicted octanol–water partition coefficient (Wildman–Crippen LogP) is 6.47. The van der Waals surface area contributed by atoms with Crippen LogP contribution in [0.1, 0.15) is 92.4 Å². The molecule has 0 saturated carbocycles. The van der Waals surface area contributed by atoms with E-state index in [9.17, 15) is 4.79 Å².